The number of H-pyrrole nitrogens is 1. The number of ether oxygens (including phenoxy) is 1. The summed E-state index contributed by atoms with van der Waals surface area (Å²) in [7, 11) is -4.98. The number of nitrogens with one attached hydrogen (secondary N) is 1. The Hall–Kier alpha value is -2.73. The lowest BCUT2D eigenvalue weighted by Crippen LogP contribution is -2.32. The molecule has 0 radical (unpaired) electrons. The molecule has 2 aliphatic rings. The Morgan fingerprint density at radius 2 is 2.08 bits per heavy atom. The lowest BCUT2D eigenvalue weighted by atomic mass is 10.1. The SMILES string of the molecule is Nc1nc2c(ncn2[C@@H]2O[C@@H]3COP(=O)(S)OCCn4c(nc5cnccc54)COP(=O)(O)O[C@@H]2[C@@H]3F)c(=O)[nH]1. The molecule has 4 aromatic heterocycles. The van der Waals surface area contributed by atoms with Crippen LogP contribution in [0.15, 0.2) is 29.6 Å². The molecule has 17 nitrogen and oxygen atoms in total. The maximum atomic E-state index is 15.7. The Balaban J connectivity index is 1.38. The van der Waals surface area contributed by atoms with Crippen molar-refractivity contribution >= 4 is 55.0 Å². The van der Waals surface area contributed by atoms with Crippen molar-refractivity contribution in [3.63, 3.8) is 0 Å². The molecule has 214 valence electrons. The largest absolute Gasteiger partial charge is 0.473 e. The van der Waals surface area contributed by atoms with E-state index in [1.807, 2.05) is 0 Å². The molecule has 4 aromatic rings. The van der Waals surface area contributed by atoms with Crippen LogP contribution >= 0.6 is 26.9 Å². The van der Waals surface area contributed by atoms with Crippen molar-refractivity contribution in [3.05, 3.63) is 41.0 Å². The summed E-state index contributed by atoms with van der Waals surface area (Å²) in [5, 5.41) is 0. The third-order valence-electron chi connectivity index (χ3n) is 6.20. The molecule has 6 heterocycles. The normalized spacial score (nSPS) is 32.1. The number of nitrogen functional groups attached to an aromatic ring is 1. The lowest BCUT2D eigenvalue weighted by Gasteiger charge is -2.23. The van der Waals surface area contributed by atoms with Crippen LogP contribution in [0.3, 0.4) is 0 Å². The summed E-state index contributed by atoms with van der Waals surface area (Å²) in [5.41, 5.74) is 5.75. The minimum Gasteiger partial charge on any atom is -0.369 e. The van der Waals surface area contributed by atoms with Gasteiger partial charge < -0.3 is 19.9 Å². The summed E-state index contributed by atoms with van der Waals surface area (Å²) in [6, 6.07) is 1.65. The molecular weight excluding hydrogens is 597 g/mol. The highest BCUT2D eigenvalue weighted by molar-refractivity contribution is 8.44. The number of alkyl halides is 1. The maximum Gasteiger partial charge on any atom is 0.473 e. The highest BCUT2D eigenvalue weighted by atomic mass is 32.7. The first-order valence-electron chi connectivity index (χ1n) is 11.6. The second kappa shape index (κ2) is 10.3. The number of nitrogens with two attached hydrogens (primary N) is 1. The number of halogens is 1. The zero-order valence-corrected chi connectivity index (χ0v) is 22.8. The highest BCUT2D eigenvalue weighted by Crippen LogP contribution is 2.55. The van der Waals surface area contributed by atoms with Crippen LogP contribution in [0.5, 0.6) is 0 Å². The summed E-state index contributed by atoms with van der Waals surface area (Å²) in [4.78, 5) is 41.4. The molecule has 40 heavy (non-hydrogen) atoms. The van der Waals surface area contributed by atoms with Gasteiger partial charge >= 0.3 is 14.6 Å². The molecule has 6 rings (SSSR count). The van der Waals surface area contributed by atoms with Gasteiger partial charge in [-0.25, -0.2) is 23.5 Å². The number of rotatable bonds is 1. The van der Waals surface area contributed by atoms with Crippen molar-refractivity contribution in [3.8, 4) is 0 Å². The fourth-order valence-electron chi connectivity index (χ4n) is 4.46. The first-order chi connectivity index (χ1) is 19.0. The second-order valence-corrected chi connectivity index (χ2v) is 13.1. The van der Waals surface area contributed by atoms with Crippen molar-refractivity contribution in [2.75, 3.05) is 18.9 Å². The summed E-state index contributed by atoms with van der Waals surface area (Å²) in [5.74, 6) is -0.0778. The van der Waals surface area contributed by atoms with E-state index in [9.17, 15) is 18.8 Å². The van der Waals surface area contributed by atoms with Gasteiger partial charge in [-0.3, -0.25) is 37.4 Å². The first-order valence-corrected chi connectivity index (χ1v) is 15.8. The summed E-state index contributed by atoms with van der Waals surface area (Å²) in [6.07, 6.45) is -2.81. The van der Waals surface area contributed by atoms with E-state index in [1.54, 1.807) is 10.6 Å². The van der Waals surface area contributed by atoms with E-state index in [0.717, 1.165) is 10.9 Å². The van der Waals surface area contributed by atoms with E-state index in [1.165, 1.54) is 12.4 Å². The predicted molar refractivity (Wildman–Crippen MR) is 137 cm³/mol. The van der Waals surface area contributed by atoms with Crippen molar-refractivity contribution in [1.29, 1.82) is 0 Å². The van der Waals surface area contributed by atoms with Gasteiger partial charge in [-0.05, 0) is 6.07 Å². The van der Waals surface area contributed by atoms with Gasteiger partial charge in [0.25, 0.3) is 5.56 Å². The molecule has 0 aromatic carbocycles. The van der Waals surface area contributed by atoms with Gasteiger partial charge in [0.15, 0.2) is 23.6 Å². The molecule has 2 aliphatic heterocycles. The first kappa shape index (κ1) is 27.4. The van der Waals surface area contributed by atoms with Crippen LogP contribution in [0.1, 0.15) is 12.1 Å². The number of anilines is 1. The molecule has 1 fully saturated rings. The van der Waals surface area contributed by atoms with Crippen molar-refractivity contribution in [2.24, 2.45) is 0 Å². The van der Waals surface area contributed by atoms with E-state index >= 15 is 4.39 Å². The molecule has 6 atom stereocenters. The lowest BCUT2D eigenvalue weighted by molar-refractivity contribution is -0.0482. The zero-order chi connectivity index (χ0) is 28.2. The number of aromatic nitrogens is 7. The number of hydrogen-bond donors (Lipinski definition) is 4. The van der Waals surface area contributed by atoms with Crippen molar-refractivity contribution in [1.82, 2.24) is 34.1 Å². The third-order valence-corrected chi connectivity index (χ3v) is 8.84. The molecule has 2 bridgehead atoms. The Bertz CT molecular complexity index is 1750. The minimum atomic E-state index is -4.98. The number of aromatic amines is 1. The van der Waals surface area contributed by atoms with Crippen LogP contribution in [0.2, 0.25) is 0 Å². The van der Waals surface area contributed by atoms with E-state index in [2.05, 4.69) is 37.2 Å². The topological polar surface area (TPSA) is 221 Å². The number of thiol groups is 1. The minimum absolute atomic E-state index is 0.0863. The number of imidazole rings is 2. The van der Waals surface area contributed by atoms with E-state index in [0.29, 0.717) is 11.0 Å². The number of fused-ring (bicyclic) bond motifs is 6. The molecule has 0 saturated carbocycles. The standard InChI is InChI=1S/C19H21FN8O9P2S/c20-13-11-6-35-39(32,40)33-4-3-27-10-1-2-22-5-9(10)24-12(27)7-34-38(30,31)37-15(13)18(36-11)28-8-23-14-16(28)25-19(21)26-17(14)29/h1-2,5,8,11,13,15,18H,3-4,6-7H2,(H,30,31)(H,32,40)(H3,21,25,26,29)/t11-,13-,15-,18-,39?/m1/s1. The summed E-state index contributed by atoms with van der Waals surface area (Å²) >= 11 is 3.96. The Morgan fingerprint density at radius 1 is 1.25 bits per heavy atom. The van der Waals surface area contributed by atoms with Crippen LogP contribution in [-0.2, 0) is 45.1 Å². The molecule has 0 amide bonds. The average Bonchev–Trinajstić information content (AvgIpc) is 3.55. The Kier molecular flexibility index (Phi) is 7.05. The number of phosphoric ester groups is 1. The van der Waals surface area contributed by atoms with Gasteiger partial charge in [0.2, 0.25) is 5.95 Å². The van der Waals surface area contributed by atoms with Gasteiger partial charge in [-0.1, -0.05) is 12.2 Å². The quantitative estimate of drug-likeness (QED) is 0.175. The van der Waals surface area contributed by atoms with Crippen LogP contribution in [0, 0.1) is 0 Å². The molecule has 21 heteroatoms. The number of hydrogen-bond acceptors (Lipinski definition) is 13. The summed E-state index contributed by atoms with van der Waals surface area (Å²) < 4.78 is 71.2. The Morgan fingerprint density at radius 3 is 2.90 bits per heavy atom. The van der Waals surface area contributed by atoms with Gasteiger partial charge in [-0.2, -0.15) is 4.98 Å². The smallest absolute Gasteiger partial charge is 0.369 e. The van der Waals surface area contributed by atoms with Crippen LogP contribution < -0.4 is 11.3 Å². The summed E-state index contributed by atoms with van der Waals surface area (Å²) in [6.45, 7) is -5.27. The highest BCUT2D eigenvalue weighted by Gasteiger charge is 2.51. The number of phosphoric acid groups is 1. The third kappa shape index (κ3) is 5.20. The van der Waals surface area contributed by atoms with Crippen LogP contribution in [0.25, 0.3) is 22.2 Å². The van der Waals surface area contributed by atoms with Crippen molar-refractivity contribution < 1.29 is 41.2 Å². The van der Waals surface area contributed by atoms with Gasteiger partial charge in [0.1, 0.15) is 30.2 Å². The fourth-order valence-corrected chi connectivity index (χ4v) is 6.50. The molecule has 1 saturated heterocycles. The van der Waals surface area contributed by atoms with E-state index in [-0.39, 0.29) is 36.1 Å². The molecular formula is C19H21FN8O9P2S. The van der Waals surface area contributed by atoms with Gasteiger partial charge in [0.05, 0.1) is 31.3 Å². The number of pyridine rings is 1. The van der Waals surface area contributed by atoms with Crippen molar-refractivity contribution in [2.45, 2.75) is 37.8 Å². The fraction of sp³-hybridized carbons (Fsp3) is 0.421. The average molecular weight is 618 g/mol. The Labute approximate surface area is 228 Å². The van der Waals surface area contributed by atoms with Gasteiger partial charge in [-0.15, -0.1) is 0 Å². The molecule has 0 spiro atoms. The second-order valence-electron chi connectivity index (χ2n) is 8.74. The zero-order valence-electron chi connectivity index (χ0n) is 20.1. The number of nitrogens with zero attached hydrogens (tertiary/aromatic N) is 6. The van der Waals surface area contributed by atoms with Gasteiger partial charge in [0, 0.05) is 12.7 Å². The predicted octanol–water partition coefficient (Wildman–Crippen LogP) is 1.47. The van der Waals surface area contributed by atoms with E-state index < -0.39 is 58.0 Å². The molecule has 0 aliphatic carbocycles. The maximum absolute atomic E-state index is 15.7. The van der Waals surface area contributed by atoms with E-state index in [4.69, 9.17) is 28.6 Å². The molecule has 2 unspecified atom stereocenters. The van der Waals surface area contributed by atoms with Crippen LogP contribution in [-0.4, -0.2) is 70.5 Å². The monoisotopic (exact) mass is 618 g/mol. The van der Waals surface area contributed by atoms with Crippen LogP contribution in [0.4, 0.5) is 10.3 Å². The molecule has 4 N–H and O–H groups in total.